The van der Waals surface area contributed by atoms with Gasteiger partial charge in [-0.25, -0.2) is 0 Å². The maximum absolute atomic E-state index is 12.8. The Morgan fingerprint density at radius 2 is 1.67 bits per heavy atom. The monoisotopic (exact) mass is 279 g/mol. The first-order valence-electron chi connectivity index (χ1n) is 7.46. The Morgan fingerprint density at radius 3 is 2.38 bits per heavy atom. The number of benzene rings is 2. The number of nitrogens with zero attached hydrogens (tertiary/aromatic N) is 1. The molecule has 1 heterocycles. The zero-order valence-electron chi connectivity index (χ0n) is 12.8. The molecular weight excluding hydrogens is 258 g/mol. The molecule has 21 heavy (non-hydrogen) atoms. The standard InChI is InChI=1S/C19H21NO/c1-14(15-9-5-4-6-10-15)13-19(2)16-11-7-8-12-17(16)20(3)18(19)21/h4-12,14H,13H2,1-3H3/t14?,19-/m0/s1. The first kappa shape index (κ1) is 13.9. The highest BCUT2D eigenvalue weighted by molar-refractivity contribution is 6.07. The first-order valence-corrected chi connectivity index (χ1v) is 7.46. The molecule has 0 saturated carbocycles. The van der Waals surface area contributed by atoms with Crippen LogP contribution >= 0.6 is 0 Å². The van der Waals surface area contributed by atoms with Crippen molar-refractivity contribution in [2.24, 2.45) is 0 Å². The number of hydrogen-bond donors (Lipinski definition) is 0. The number of amides is 1. The molecule has 1 amide bonds. The Kier molecular flexibility index (Phi) is 3.32. The second-order valence-electron chi connectivity index (χ2n) is 6.23. The third kappa shape index (κ3) is 2.15. The van der Waals surface area contributed by atoms with Crippen LogP contribution in [0.15, 0.2) is 54.6 Å². The highest BCUT2D eigenvalue weighted by atomic mass is 16.2. The summed E-state index contributed by atoms with van der Waals surface area (Å²) in [5.41, 5.74) is 3.06. The minimum absolute atomic E-state index is 0.200. The van der Waals surface area contributed by atoms with Gasteiger partial charge in [-0.1, -0.05) is 55.5 Å². The summed E-state index contributed by atoms with van der Waals surface area (Å²) in [6.45, 7) is 4.28. The topological polar surface area (TPSA) is 20.3 Å². The molecule has 0 aromatic heterocycles. The number of fused-ring (bicyclic) bond motifs is 1. The van der Waals surface area contributed by atoms with Crippen LogP contribution in [0.3, 0.4) is 0 Å². The highest BCUT2D eigenvalue weighted by Crippen LogP contribution is 2.45. The number of carbonyl (C=O) groups is 1. The smallest absolute Gasteiger partial charge is 0.237 e. The number of carbonyl (C=O) groups excluding carboxylic acids is 1. The predicted octanol–water partition coefficient (Wildman–Crippen LogP) is 4.11. The minimum atomic E-state index is -0.430. The highest BCUT2D eigenvalue weighted by Gasteiger charge is 2.46. The number of para-hydroxylation sites is 1. The van der Waals surface area contributed by atoms with E-state index in [0.717, 1.165) is 17.7 Å². The predicted molar refractivity (Wildman–Crippen MR) is 86.7 cm³/mol. The molecule has 0 radical (unpaired) electrons. The molecule has 0 saturated heterocycles. The van der Waals surface area contributed by atoms with E-state index in [2.05, 4.69) is 44.2 Å². The molecule has 2 atom stereocenters. The van der Waals surface area contributed by atoms with Gasteiger partial charge in [-0.2, -0.15) is 0 Å². The lowest BCUT2D eigenvalue weighted by Crippen LogP contribution is -2.37. The van der Waals surface area contributed by atoms with Crippen LogP contribution < -0.4 is 4.90 Å². The molecule has 108 valence electrons. The summed E-state index contributed by atoms with van der Waals surface area (Å²) < 4.78 is 0. The van der Waals surface area contributed by atoms with Crippen LogP contribution in [0.2, 0.25) is 0 Å². The van der Waals surface area contributed by atoms with Crippen molar-refractivity contribution in [2.45, 2.75) is 31.6 Å². The van der Waals surface area contributed by atoms with Crippen molar-refractivity contribution < 1.29 is 4.79 Å². The number of likely N-dealkylation sites (N-methyl/N-ethyl adjacent to an activating group) is 1. The van der Waals surface area contributed by atoms with E-state index in [1.807, 2.05) is 31.3 Å². The van der Waals surface area contributed by atoms with Crippen LogP contribution in [0.25, 0.3) is 0 Å². The zero-order valence-corrected chi connectivity index (χ0v) is 12.8. The molecule has 0 bridgehead atoms. The molecule has 0 fully saturated rings. The molecule has 2 aromatic carbocycles. The van der Waals surface area contributed by atoms with Gasteiger partial charge >= 0.3 is 0 Å². The third-order valence-corrected chi connectivity index (χ3v) is 4.72. The zero-order chi connectivity index (χ0) is 15.0. The molecular formula is C19H21NO. The maximum Gasteiger partial charge on any atom is 0.237 e. The van der Waals surface area contributed by atoms with Gasteiger partial charge in [-0.3, -0.25) is 4.79 Å². The van der Waals surface area contributed by atoms with Gasteiger partial charge in [0.15, 0.2) is 0 Å². The van der Waals surface area contributed by atoms with Crippen LogP contribution in [0.1, 0.15) is 37.3 Å². The summed E-state index contributed by atoms with van der Waals surface area (Å²) in [5.74, 6) is 0.547. The number of hydrogen-bond acceptors (Lipinski definition) is 1. The minimum Gasteiger partial charge on any atom is -0.314 e. The lowest BCUT2D eigenvalue weighted by Gasteiger charge is -2.27. The Labute approximate surface area is 126 Å². The van der Waals surface area contributed by atoms with Gasteiger partial charge in [0, 0.05) is 12.7 Å². The van der Waals surface area contributed by atoms with E-state index in [1.165, 1.54) is 5.56 Å². The van der Waals surface area contributed by atoms with Gasteiger partial charge in [0.25, 0.3) is 0 Å². The summed E-state index contributed by atoms with van der Waals surface area (Å²) in [4.78, 5) is 14.6. The lowest BCUT2D eigenvalue weighted by molar-refractivity contribution is -0.122. The fourth-order valence-corrected chi connectivity index (χ4v) is 3.54. The Balaban J connectivity index is 1.96. The normalized spacial score (nSPS) is 22.2. The van der Waals surface area contributed by atoms with Crippen LogP contribution in [0.4, 0.5) is 5.69 Å². The molecule has 0 aliphatic carbocycles. The molecule has 2 aromatic rings. The van der Waals surface area contributed by atoms with Crippen molar-refractivity contribution in [3.63, 3.8) is 0 Å². The summed E-state index contributed by atoms with van der Waals surface area (Å²) >= 11 is 0. The second kappa shape index (κ2) is 5.03. The Hall–Kier alpha value is -2.09. The first-order chi connectivity index (χ1) is 10.0. The quantitative estimate of drug-likeness (QED) is 0.828. The summed E-state index contributed by atoms with van der Waals surface area (Å²) in [7, 11) is 1.87. The summed E-state index contributed by atoms with van der Waals surface area (Å²) in [6, 6.07) is 18.6. The SMILES string of the molecule is CC(C[C@]1(C)C(=O)N(C)c2ccccc21)c1ccccc1. The van der Waals surface area contributed by atoms with Gasteiger partial charge in [0.2, 0.25) is 5.91 Å². The van der Waals surface area contributed by atoms with Crippen LogP contribution in [0.5, 0.6) is 0 Å². The summed E-state index contributed by atoms with van der Waals surface area (Å²) in [6.07, 6.45) is 0.831. The van der Waals surface area contributed by atoms with Gasteiger partial charge in [0.1, 0.15) is 0 Å². The van der Waals surface area contributed by atoms with E-state index in [1.54, 1.807) is 4.90 Å². The molecule has 2 nitrogen and oxygen atoms in total. The fraction of sp³-hybridized carbons (Fsp3) is 0.316. The molecule has 0 spiro atoms. The van der Waals surface area contributed by atoms with E-state index < -0.39 is 5.41 Å². The molecule has 0 N–H and O–H groups in total. The number of anilines is 1. The van der Waals surface area contributed by atoms with E-state index in [-0.39, 0.29) is 5.91 Å². The molecule has 1 aliphatic heterocycles. The van der Waals surface area contributed by atoms with Gasteiger partial charge < -0.3 is 4.90 Å². The van der Waals surface area contributed by atoms with E-state index in [4.69, 9.17) is 0 Å². The average molecular weight is 279 g/mol. The van der Waals surface area contributed by atoms with Crippen LogP contribution in [-0.4, -0.2) is 13.0 Å². The van der Waals surface area contributed by atoms with Gasteiger partial charge in [-0.15, -0.1) is 0 Å². The molecule has 1 unspecified atom stereocenters. The average Bonchev–Trinajstić information content (AvgIpc) is 2.71. The van der Waals surface area contributed by atoms with Crippen LogP contribution in [0, 0.1) is 0 Å². The van der Waals surface area contributed by atoms with Crippen molar-refractivity contribution >= 4 is 11.6 Å². The third-order valence-electron chi connectivity index (χ3n) is 4.72. The van der Waals surface area contributed by atoms with Crippen molar-refractivity contribution in [3.05, 3.63) is 65.7 Å². The van der Waals surface area contributed by atoms with Crippen LogP contribution in [-0.2, 0) is 10.2 Å². The lowest BCUT2D eigenvalue weighted by atomic mass is 9.75. The van der Waals surface area contributed by atoms with Crippen molar-refractivity contribution in [3.8, 4) is 0 Å². The summed E-state index contributed by atoms with van der Waals surface area (Å²) in [5, 5.41) is 0. The second-order valence-corrected chi connectivity index (χ2v) is 6.23. The van der Waals surface area contributed by atoms with Crippen molar-refractivity contribution in [2.75, 3.05) is 11.9 Å². The maximum atomic E-state index is 12.8. The molecule has 1 aliphatic rings. The van der Waals surface area contributed by atoms with E-state index >= 15 is 0 Å². The Morgan fingerprint density at radius 1 is 1.05 bits per heavy atom. The van der Waals surface area contributed by atoms with Crippen molar-refractivity contribution in [1.29, 1.82) is 0 Å². The van der Waals surface area contributed by atoms with E-state index in [9.17, 15) is 4.79 Å². The largest absolute Gasteiger partial charge is 0.314 e. The van der Waals surface area contributed by atoms with Gasteiger partial charge in [0.05, 0.1) is 5.41 Å². The van der Waals surface area contributed by atoms with E-state index in [0.29, 0.717) is 5.92 Å². The molecule has 3 rings (SSSR count). The Bertz CT molecular complexity index is 664. The van der Waals surface area contributed by atoms with Crippen molar-refractivity contribution in [1.82, 2.24) is 0 Å². The molecule has 2 heteroatoms. The van der Waals surface area contributed by atoms with Gasteiger partial charge in [-0.05, 0) is 36.5 Å². The fourth-order valence-electron chi connectivity index (χ4n) is 3.54. The number of rotatable bonds is 3.